The second kappa shape index (κ2) is 8.29. The Bertz CT molecular complexity index is 686. The lowest BCUT2D eigenvalue weighted by Crippen LogP contribution is -2.50. The number of benzene rings is 2. The van der Waals surface area contributed by atoms with E-state index in [0.717, 1.165) is 11.1 Å². The number of rotatable bonds is 8. The van der Waals surface area contributed by atoms with Gasteiger partial charge in [-0.1, -0.05) is 66.7 Å². The maximum absolute atomic E-state index is 13.1. The Labute approximate surface area is 148 Å². The molecule has 1 atom stereocenters. The zero-order chi connectivity index (χ0) is 18.3. The molecule has 0 saturated heterocycles. The molecule has 0 aliphatic heterocycles. The first-order chi connectivity index (χ1) is 12.0. The van der Waals surface area contributed by atoms with E-state index >= 15 is 0 Å². The van der Waals surface area contributed by atoms with Crippen molar-refractivity contribution in [1.82, 2.24) is 5.32 Å². The van der Waals surface area contributed by atoms with Gasteiger partial charge in [-0.2, -0.15) is 0 Å². The standard InChI is InChI=1S/C21H23NO3/c1-3-4-15-18(19(23)24)22-20(25)21(2,16-11-7-5-8-12-16)17-13-9-6-10-14-17/h3,5-14,18H,1,4,15H2,2H3,(H,22,25)(H,23,24)/t18-/m1/s1. The first kappa shape index (κ1) is 18.5. The van der Waals surface area contributed by atoms with Gasteiger partial charge in [0.15, 0.2) is 0 Å². The summed E-state index contributed by atoms with van der Waals surface area (Å²) >= 11 is 0. The summed E-state index contributed by atoms with van der Waals surface area (Å²) < 4.78 is 0. The van der Waals surface area contributed by atoms with E-state index in [0.29, 0.717) is 12.8 Å². The quantitative estimate of drug-likeness (QED) is 0.724. The van der Waals surface area contributed by atoms with Crippen molar-refractivity contribution in [2.75, 3.05) is 0 Å². The Hall–Kier alpha value is -2.88. The maximum Gasteiger partial charge on any atom is 0.326 e. The number of hydrogen-bond donors (Lipinski definition) is 2. The number of carboxylic acid groups (broad SMARTS) is 1. The van der Waals surface area contributed by atoms with Gasteiger partial charge >= 0.3 is 5.97 Å². The second-order valence-electron chi connectivity index (χ2n) is 6.09. The number of carboxylic acids is 1. The van der Waals surface area contributed by atoms with Crippen molar-refractivity contribution in [3.8, 4) is 0 Å². The lowest BCUT2D eigenvalue weighted by molar-refractivity contribution is -0.142. The third kappa shape index (κ3) is 4.15. The van der Waals surface area contributed by atoms with Crippen molar-refractivity contribution in [2.45, 2.75) is 31.2 Å². The molecule has 0 saturated carbocycles. The molecule has 25 heavy (non-hydrogen) atoms. The Balaban J connectivity index is 2.40. The molecule has 0 aliphatic carbocycles. The molecule has 0 aliphatic rings. The van der Waals surface area contributed by atoms with Crippen LogP contribution in [-0.2, 0) is 15.0 Å². The topological polar surface area (TPSA) is 66.4 Å². The molecule has 4 nitrogen and oxygen atoms in total. The highest BCUT2D eigenvalue weighted by Gasteiger charge is 2.38. The largest absolute Gasteiger partial charge is 0.480 e. The lowest BCUT2D eigenvalue weighted by Gasteiger charge is -2.31. The first-order valence-corrected chi connectivity index (χ1v) is 8.26. The van der Waals surface area contributed by atoms with Crippen LogP contribution in [0.3, 0.4) is 0 Å². The van der Waals surface area contributed by atoms with Gasteiger partial charge in [-0.3, -0.25) is 4.79 Å². The fourth-order valence-electron chi connectivity index (χ4n) is 2.82. The van der Waals surface area contributed by atoms with Gasteiger partial charge in [0, 0.05) is 0 Å². The monoisotopic (exact) mass is 337 g/mol. The van der Waals surface area contributed by atoms with Crippen molar-refractivity contribution < 1.29 is 14.7 Å². The van der Waals surface area contributed by atoms with Gasteiger partial charge in [-0.05, 0) is 30.9 Å². The minimum Gasteiger partial charge on any atom is -0.480 e. The first-order valence-electron chi connectivity index (χ1n) is 8.26. The summed E-state index contributed by atoms with van der Waals surface area (Å²) in [6, 6.07) is 17.8. The number of carbonyl (C=O) groups excluding carboxylic acids is 1. The minimum absolute atomic E-state index is 0.310. The Morgan fingerprint density at radius 2 is 1.56 bits per heavy atom. The van der Waals surface area contributed by atoms with E-state index in [2.05, 4.69) is 11.9 Å². The smallest absolute Gasteiger partial charge is 0.326 e. The van der Waals surface area contributed by atoms with Gasteiger partial charge in [0.2, 0.25) is 5.91 Å². The Morgan fingerprint density at radius 3 is 1.96 bits per heavy atom. The molecule has 2 rings (SSSR count). The third-order valence-electron chi connectivity index (χ3n) is 4.42. The molecular formula is C21H23NO3. The summed E-state index contributed by atoms with van der Waals surface area (Å²) in [5.41, 5.74) is 0.642. The zero-order valence-corrected chi connectivity index (χ0v) is 14.3. The number of hydrogen-bond acceptors (Lipinski definition) is 2. The molecule has 0 unspecified atom stereocenters. The van der Waals surface area contributed by atoms with E-state index in [1.54, 1.807) is 6.08 Å². The van der Waals surface area contributed by atoms with Crippen LogP contribution in [0, 0.1) is 0 Å². The van der Waals surface area contributed by atoms with Crippen LogP contribution in [0.25, 0.3) is 0 Å². The highest BCUT2D eigenvalue weighted by Crippen LogP contribution is 2.32. The highest BCUT2D eigenvalue weighted by atomic mass is 16.4. The molecule has 0 heterocycles. The molecule has 2 aromatic carbocycles. The summed E-state index contributed by atoms with van der Waals surface area (Å²) in [6.07, 6.45) is 2.48. The van der Waals surface area contributed by atoms with Crippen LogP contribution in [0.2, 0.25) is 0 Å². The number of amides is 1. The molecule has 0 radical (unpaired) electrons. The number of nitrogens with one attached hydrogen (secondary N) is 1. The molecule has 130 valence electrons. The van der Waals surface area contributed by atoms with Crippen LogP contribution in [0.4, 0.5) is 0 Å². The molecule has 4 heteroatoms. The average molecular weight is 337 g/mol. The number of aliphatic carboxylic acids is 1. The lowest BCUT2D eigenvalue weighted by atomic mass is 9.75. The van der Waals surface area contributed by atoms with Crippen LogP contribution < -0.4 is 5.32 Å². The molecule has 0 spiro atoms. The molecule has 0 aromatic heterocycles. The van der Waals surface area contributed by atoms with E-state index in [9.17, 15) is 14.7 Å². The van der Waals surface area contributed by atoms with Gasteiger partial charge in [-0.25, -0.2) is 4.79 Å². The Morgan fingerprint density at radius 1 is 1.08 bits per heavy atom. The predicted molar refractivity (Wildman–Crippen MR) is 98.3 cm³/mol. The molecule has 2 N–H and O–H groups in total. The normalized spacial score (nSPS) is 12.2. The Kier molecular flexibility index (Phi) is 6.12. The summed E-state index contributed by atoms with van der Waals surface area (Å²) in [4.78, 5) is 24.6. The molecule has 0 fully saturated rings. The van der Waals surface area contributed by atoms with Gasteiger partial charge in [0.1, 0.15) is 6.04 Å². The average Bonchev–Trinajstić information content (AvgIpc) is 2.65. The van der Waals surface area contributed by atoms with E-state index in [1.165, 1.54) is 0 Å². The van der Waals surface area contributed by atoms with Crippen molar-refractivity contribution in [2.24, 2.45) is 0 Å². The molecular weight excluding hydrogens is 314 g/mol. The van der Waals surface area contributed by atoms with Crippen molar-refractivity contribution in [3.63, 3.8) is 0 Å². The summed E-state index contributed by atoms with van der Waals surface area (Å²) in [5.74, 6) is -1.37. The van der Waals surface area contributed by atoms with Crippen LogP contribution >= 0.6 is 0 Å². The van der Waals surface area contributed by atoms with Crippen LogP contribution in [0.1, 0.15) is 30.9 Å². The van der Waals surface area contributed by atoms with Gasteiger partial charge in [0.05, 0.1) is 5.41 Å². The summed E-state index contributed by atoms with van der Waals surface area (Å²) in [7, 11) is 0. The van der Waals surface area contributed by atoms with Crippen molar-refractivity contribution >= 4 is 11.9 Å². The van der Waals surface area contributed by atoms with E-state index < -0.39 is 17.4 Å². The number of allylic oxidation sites excluding steroid dienone is 1. The van der Waals surface area contributed by atoms with Crippen LogP contribution in [0.5, 0.6) is 0 Å². The van der Waals surface area contributed by atoms with E-state index in [1.807, 2.05) is 67.6 Å². The molecule has 0 bridgehead atoms. The van der Waals surface area contributed by atoms with Gasteiger partial charge in [0.25, 0.3) is 0 Å². The predicted octanol–water partition coefficient (Wildman–Crippen LogP) is 3.53. The fourth-order valence-corrected chi connectivity index (χ4v) is 2.82. The van der Waals surface area contributed by atoms with Gasteiger partial charge in [-0.15, -0.1) is 6.58 Å². The molecule has 2 aromatic rings. The number of carbonyl (C=O) groups is 2. The SMILES string of the molecule is C=CCC[C@@H](NC(=O)C(C)(c1ccccc1)c1ccccc1)C(=O)O. The van der Waals surface area contributed by atoms with Crippen LogP contribution in [0.15, 0.2) is 73.3 Å². The third-order valence-corrected chi connectivity index (χ3v) is 4.42. The van der Waals surface area contributed by atoms with Crippen molar-refractivity contribution in [1.29, 1.82) is 0 Å². The van der Waals surface area contributed by atoms with E-state index in [4.69, 9.17) is 0 Å². The highest BCUT2D eigenvalue weighted by molar-refractivity contribution is 5.94. The summed E-state index contributed by atoms with van der Waals surface area (Å²) in [5, 5.41) is 12.1. The second-order valence-corrected chi connectivity index (χ2v) is 6.09. The van der Waals surface area contributed by atoms with Crippen LogP contribution in [-0.4, -0.2) is 23.0 Å². The maximum atomic E-state index is 13.1. The fraction of sp³-hybridized carbons (Fsp3) is 0.238. The van der Waals surface area contributed by atoms with Crippen molar-refractivity contribution in [3.05, 3.63) is 84.4 Å². The zero-order valence-electron chi connectivity index (χ0n) is 14.3. The van der Waals surface area contributed by atoms with E-state index in [-0.39, 0.29) is 5.91 Å². The summed E-state index contributed by atoms with van der Waals surface area (Å²) in [6.45, 7) is 5.43. The minimum atomic E-state index is -1.04. The molecule has 1 amide bonds. The van der Waals surface area contributed by atoms with Gasteiger partial charge < -0.3 is 10.4 Å².